The van der Waals surface area contributed by atoms with Crippen molar-refractivity contribution < 1.29 is 9.90 Å². The Labute approximate surface area is 159 Å². The van der Waals surface area contributed by atoms with E-state index in [0.29, 0.717) is 18.5 Å². The van der Waals surface area contributed by atoms with Crippen LogP contribution in [0.15, 0.2) is 30.5 Å². The van der Waals surface area contributed by atoms with Gasteiger partial charge in [-0.15, -0.1) is 0 Å². The van der Waals surface area contributed by atoms with Crippen molar-refractivity contribution >= 4 is 11.7 Å². The number of nitrogens with zero attached hydrogens (tertiary/aromatic N) is 3. The number of nitrogen functional groups attached to an aromatic ring is 1. The molecule has 1 saturated carbocycles. The summed E-state index contributed by atoms with van der Waals surface area (Å²) in [4.78, 5) is 23.3. The first-order valence-corrected chi connectivity index (χ1v) is 9.28. The third kappa shape index (κ3) is 5.02. The van der Waals surface area contributed by atoms with Gasteiger partial charge in [0.1, 0.15) is 0 Å². The first-order chi connectivity index (χ1) is 12.9. The van der Waals surface area contributed by atoms with Gasteiger partial charge in [-0.05, 0) is 45.3 Å². The van der Waals surface area contributed by atoms with E-state index >= 15 is 0 Å². The Morgan fingerprint density at radius 1 is 1.22 bits per heavy atom. The lowest BCUT2D eigenvalue weighted by atomic mass is 9.93. The molecular formula is C20H27N5O2. The van der Waals surface area contributed by atoms with E-state index in [1.165, 1.54) is 5.56 Å². The lowest BCUT2D eigenvalue weighted by Crippen LogP contribution is -2.39. The third-order valence-corrected chi connectivity index (χ3v) is 4.80. The summed E-state index contributed by atoms with van der Waals surface area (Å²) in [7, 11) is 4.05. The van der Waals surface area contributed by atoms with Gasteiger partial charge in [-0.3, -0.25) is 4.79 Å². The van der Waals surface area contributed by atoms with E-state index in [9.17, 15) is 9.90 Å². The summed E-state index contributed by atoms with van der Waals surface area (Å²) in [5.41, 5.74) is 8.75. The molecule has 1 aliphatic rings. The first-order valence-electron chi connectivity index (χ1n) is 9.28. The monoisotopic (exact) mass is 369 g/mol. The molecule has 0 atom stereocenters. The molecule has 0 bridgehead atoms. The molecule has 3 rings (SSSR count). The molecular weight excluding hydrogens is 342 g/mol. The van der Waals surface area contributed by atoms with E-state index in [-0.39, 0.29) is 29.6 Å². The topological polar surface area (TPSA) is 104 Å². The minimum Gasteiger partial charge on any atom is -0.393 e. The van der Waals surface area contributed by atoms with E-state index in [1.54, 1.807) is 6.20 Å². The number of nitrogens with one attached hydrogen (secondary N) is 1. The lowest BCUT2D eigenvalue weighted by Gasteiger charge is -2.26. The van der Waals surface area contributed by atoms with Crippen LogP contribution in [-0.4, -0.2) is 52.1 Å². The molecule has 27 heavy (non-hydrogen) atoms. The van der Waals surface area contributed by atoms with Gasteiger partial charge in [0, 0.05) is 18.2 Å². The van der Waals surface area contributed by atoms with Gasteiger partial charge < -0.3 is 21.1 Å². The predicted molar refractivity (Wildman–Crippen MR) is 105 cm³/mol. The van der Waals surface area contributed by atoms with Crippen molar-refractivity contribution in [1.29, 1.82) is 0 Å². The molecule has 1 aromatic heterocycles. The Morgan fingerprint density at radius 3 is 2.52 bits per heavy atom. The maximum Gasteiger partial charge on any atom is 0.273 e. The molecule has 0 aliphatic heterocycles. The summed E-state index contributed by atoms with van der Waals surface area (Å²) in [5, 5.41) is 12.6. The van der Waals surface area contributed by atoms with Crippen molar-refractivity contribution in [3.05, 3.63) is 41.7 Å². The molecule has 0 spiro atoms. The van der Waals surface area contributed by atoms with E-state index in [0.717, 1.165) is 24.9 Å². The number of aliphatic hydroxyl groups excluding tert-OH is 1. The highest BCUT2D eigenvalue weighted by molar-refractivity contribution is 5.97. The van der Waals surface area contributed by atoms with Crippen molar-refractivity contribution in [2.45, 2.75) is 44.4 Å². The van der Waals surface area contributed by atoms with Crippen molar-refractivity contribution in [3.63, 3.8) is 0 Å². The van der Waals surface area contributed by atoms with Crippen LogP contribution in [0.4, 0.5) is 5.82 Å². The standard InChI is InChI=1S/C20H27N5O2/c1-25(2)12-13-3-5-14(6-4-13)17-11-22-19(21)18(24-17)20(27)23-15-7-9-16(26)10-8-15/h3-6,11,15-16,26H,7-10,12H2,1-2H3,(H2,21,22)(H,23,27). The van der Waals surface area contributed by atoms with E-state index in [4.69, 9.17) is 5.73 Å². The average molecular weight is 369 g/mol. The third-order valence-electron chi connectivity index (χ3n) is 4.80. The first kappa shape index (κ1) is 19.3. The number of hydrogen-bond donors (Lipinski definition) is 3. The number of hydrogen-bond acceptors (Lipinski definition) is 6. The Morgan fingerprint density at radius 2 is 1.89 bits per heavy atom. The van der Waals surface area contributed by atoms with E-state index < -0.39 is 0 Å². The van der Waals surface area contributed by atoms with Crippen molar-refractivity contribution in [3.8, 4) is 11.3 Å². The Kier molecular flexibility index (Phi) is 6.03. The van der Waals surface area contributed by atoms with Crippen LogP contribution in [0.5, 0.6) is 0 Å². The van der Waals surface area contributed by atoms with E-state index in [2.05, 4.69) is 20.2 Å². The van der Waals surface area contributed by atoms with Gasteiger partial charge in [0.05, 0.1) is 18.0 Å². The molecule has 144 valence electrons. The van der Waals surface area contributed by atoms with Crippen molar-refractivity contribution in [1.82, 2.24) is 20.2 Å². The molecule has 7 nitrogen and oxygen atoms in total. The van der Waals surface area contributed by atoms with Crippen molar-refractivity contribution in [2.75, 3.05) is 19.8 Å². The van der Waals surface area contributed by atoms with Crippen LogP contribution in [-0.2, 0) is 6.54 Å². The van der Waals surface area contributed by atoms with Gasteiger partial charge in [0.2, 0.25) is 0 Å². The predicted octanol–water partition coefficient (Wildman–Crippen LogP) is 1.82. The normalized spacial score (nSPS) is 19.9. The molecule has 0 unspecified atom stereocenters. The van der Waals surface area contributed by atoms with E-state index in [1.807, 2.05) is 38.4 Å². The molecule has 1 amide bonds. The molecule has 0 saturated heterocycles. The fraction of sp³-hybridized carbons (Fsp3) is 0.450. The molecule has 1 aromatic carbocycles. The fourth-order valence-corrected chi connectivity index (χ4v) is 3.32. The summed E-state index contributed by atoms with van der Waals surface area (Å²) < 4.78 is 0. The number of carbonyl (C=O) groups is 1. The van der Waals surface area contributed by atoms with Gasteiger partial charge in [0.15, 0.2) is 11.5 Å². The number of benzene rings is 1. The number of amides is 1. The fourth-order valence-electron chi connectivity index (χ4n) is 3.32. The number of nitrogens with two attached hydrogens (primary N) is 1. The molecule has 1 fully saturated rings. The second-order valence-corrected chi connectivity index (χ2v) is 7.40. The quantitative estimate of drug-likeness (QED) is 0.743. The van der Waals surface area contributed by atoms with Crippen LogP contribution < -0.4 is 11.1 Å². The highest BCUT2D eigenvalue weighted by Gasteiger charge is 2.23. The summed E-state index contributed by atoms with van der Waals surface area (Å²) in [6.45, 7) is 0.859. The SMILES string of the molecule is CN(C)Cc1ccc(-c2cnc(N)c(C(=O)NC3CCC(O)CC3)n2)cc1. The zero-order valence-electron chi connectivity index (χ0n) is 15.9. The van der Waals surface area contributed by atoms with Crippen LogP contribution in [0.2, 0.25) is 0 Å². The summed E-state index contributed by atoms with van der Waals surface area (Å²) in [6.07, 6.45) is 4.24. The van der Waals surface area contributed by atoms with Gasteiger partial charge in [-0.25, -0.2) is 9.97 Å². The summed E-state index contributed by atoms with van der Waals surface area (Å²) in [6, 6.07) is 8.07. The molecule has 7 heteroatoms. The Hall–Kier alpha value is -2.51. The smallest absolute Gasteiger partial charge is 0.273 e. The highest BCUT2D eigenvalue weighted by Crippen LogP contribution is 2.21. The number of carbonyl (C=O) groups excluding carboxylic acids is 1. The molecule has 0 radical (unpaired) electrons. The second kappa shape index (κ2) is 8.45. The summed E-state index contributed by atoms with van der Waals surface area (Å²) in [5.74, 6) is -0.191. The maximum atomic E-state index is 12.6. The minimum absolute atomic E-state index is 0.0380. The van der Waals surface area contributed by atoms with Crippen molar-refractivity contribution in [2.24, 2.45) is 0 Å². The van der Waals surface area contributed by atoms with Crippen LogP contribution in [0.1, 0.15) is 41.7 Å². The number of anilines is 1. The van der Waals surface area contributed by atoms with Gasteiger partial charge in [-0.1, -0.05) is 24.3 Å². The largest absolute Gasteiger partial charge is 0.393 e. The van der Waals surface area contributed by atoms with Gasteiger partial charge in [0.25, 0.3) is 5.91 Å². The molecule has 1 heterocycles. The zero-order chi connectivity index (χ0) is 19.4. The van der Waals surface area contributed by atoms with Crippen LogP contribution in [0.25, 0.3) is 11.3 Å². The van der Waals surface area contributed by atoms with Gasteiger partial charge >= 0.3 is 0 Å². The number of aliphatic hydroxyl groups is 1. The maximum absolute atomic E-state index is 12.6. The van der Waals surface area contributed by atoms with Crippen LogP contribution >= 0.6 is 0 Å². The van der Waals surface area contributed by atoms with Gasteiger partial charge in [-0.2, -0.15) is 0 Å². The van der Waals surface area contributed by atoms with Crippen LogP contribution in [0, 0.1) is 0 Å². The average Bonchev–Trinajstić information content (AvgIpc) is 2.64. The zero-order valence-corrected chi connectivity index (χ0v) is 15.9. The highest BCUT2D eigenvalue weighted by atomic mass is 16.3. The molecule has 4 N–H and O–H groups in total. The lowest BCUT2D eigenvalue weighted by molar-refractivity contribution is 0.0864. The Balaban J connectivity index is 1.74. The minimum atomic E-state index is -0.313. The second-order valence-electron chi connectivity index (χ2n) is 7.40. The molecule has 2 aromatic rings. The Bertz CT molecular complexity index is 783. The number of aromatic nitrogens is 2. The summed E-state index contributed by atoms with van der Waals surface area (Å²) >= 11 is 0. The van der Waals surface area contributed by atoms with Crippen LogP contribution in [0.3, 0.4) is 0 Å². The molecule has 1 aliphatic carbocycles. The number of rotatable bonds is 5.